The minimum atomic E-state index is -0.345. The highest BCUT2D eigenvalue weighted by Gasteiger charge is 2.06. The van der Waals surface area contributed by atoms with Crippen LogP contribution in [-0.2, 0) is 6.54 Å². The van der Waals surface area contributed by atoms with Gasteiger partial charge in [-0.05, 0) is 30.5 Å². The van der Waals surface area contributed by atoms with Crippen LogP contribution < -0.4 is 10.1 Å². The second-order valence-electron chi connectivity index (χ2n) is 3.97. The van der Waals surface area contributed by atoms with Crippen molar-refractivity contribution in [3.8, 4) is 5.75 Å². The summed E-state index contributed by atoms with van der Waals surface area (Å²) in [5.41, 5.74) is 0.875. The van der Waals surface area contributed by atoms with Gasteiger partial charge in [0.25, 0.3) is 0 Å². The molecule has 0 aliphatic carbocycles. The Bertz CT molecular complexity index is 344. The van der Waals surface area contributed by atoms with Gasteiger partial charge >= 0.3 is 0 Å². The summed E-state index contributed by atoms with van der Waals surface area (Å²) < 4.78 is 18.3. The average molecular weight is 241 g/mol. The van der Waals surface area contributed by atoms with Crippen molar-refractivity contribution >= 4 is 0 Å². The maximum Gasteiger partial charge on any atom is 0.165 e. The lowest BCUT2D eigenvalue weighted by atomic mass is 10.1. The number of hydrogen-bond donors (Lipinski definition) is 2. The summed E-state index contributed by atoms with van der Waals surface area (Å²) in [6.07, 6.45) is 1.66. The molecule has 0 heterocycles. The van der Waals surface area contributed by atoms with Crippen LogP contribution in [-0.4, -0.2) is 24.9 Å². The first-order chi connectivity index (χ1) is 8.21. The Hall–Kier alpha value is -1.13. The van der Waals surface area contributed by atoms with Crippen molar-refractivity contribution in [3.63, 3.8) is 0 Å². The Morgan fingerprint density at radius 1 is 1.47 bits per heavy atom. The van der Waals surface area contributed by atoms with E-state index in [1.54, 1.807) is 6.07 Å². The van der Waals surface area contributed by atoms with E-state index < -0.39 is 0 Å². The molecule has 0 aliphatic rings. The number of ether oxygens (including phenoxy) is 1. The number of rotatable bonds is 7. The summed E-state index contributed by atoms with van der Waals surface area (Å²) in [6.45, 7) is 2.82. The zero-order valence-corrected chi connectivity index (χ0v) is 10.4. The quantitative estimate of drug-likeness (QED) is 0.768. The molecular weight excluding hydrogens is 221 g/mol. The minimum Gasteiger partial charge on any atom is -0.494 e. The first-order valence-corrected chi connectivity index (χ1v) is 5.88. The summed E-state index contributed by atoms with van der Waals surface area (Å²) >= 11 is 0. The molecule has 0 fully saturated rings. The highest BCUT2D eigenvalue weighted by Crippen LogP contribution is 2.17. The van der Waals surface area contributed by atoms with Crippen LogP contribution in [0.3, 0.4) is 0 Å². The van der Waals surface area contributed by atoms with Crippen molar-refractivity contribution in [1.29, 1.82) is 0 Å². The van der Waals surface area contributed by atoms with E-state index >= 15 is 0 Å². The zero-order valence-electron chi connectivity index (χ0n) is 10.4. The van der Waals surface area contributed by atoms with Crippen LogP contribution in [0.5, 0.6) is 5.75 Å². The van der Waals surface area contributed by atoms with E-state index in [2.05, 4.69) is 12.2 Å². The molecule has 1 aromatic carbocycles. The maximum absolute atomic E-state index is 13.4. The summed E-state index contributed by atoms with van der Waals surface area (Å²) in [5.74, 6) is -0.0850. The second kappa shape index (κ2) is 7.25. The van der Waals surface area contributed by atoms with Gasteiger partial charge in [-0.2, -0.15) is 0 Å². The number of hydrogen-bond acceptors (Lipinski definition) is 3. The van der Waals surface area contributed by atoms with Crippen molar-refractivity contribution in [1.82, 2.24) is 5.32 Å². The molecule has 1 unspecified atom stereocenters. The molecule has 0 bridgehead atoms. The SMILES string of the molecule is CCC(CCO)NCc1ccc(OC)c(F)c1. The number of aliphatic hydroxyl groups is 1. The molecule has 0 aromatic heterocycles. The van der Waals surface area contributed by atoms with Crippen molar-refractivity contribution in [2.75, 3.05) is 13.7 Å². The molecule has 0 saturated heterocycles. The van der Waals surface area contributed by atoms with Gasteiger partial charge in [-0.1, -0.05) is 13.0 Å². The van der Waals surface area contributed by atoms with Crippen molar-refractivity contribution in [2.24, 2.45) is 0 Å². The van der Waals surface area contributed by atoms with E-state index in [4.69, 9.17) is 9.84 Å². The van der Waals surface area contributed by atoms with Crippen LogP contribution in [0.1, 0.15) is 25.3 Å². The fourth-order valence-corrected chi connectivity index (χ4v) is 1.69. The van der Waals surface area contributed by atoms with Gasteiger partial charge in [-0.25, -0.2) is 4.39 Å². The molecule has 96 valence electrons. The van der Waals surface area contributed by atoms with Crippen LogP contribution in [0.15, 0.2) is 18.2 Å². The monoisotopic (exact) mass is 241 g/mol. The third kappa shape index (κ3) is 4.32. The van der Waals surface area contributed by atoms with Gasteiger partial charge in [0, 0.05) is 19.2 Å². The predicted molar refractivity (Wildman–Crippen MR) is 65.6 cm³/mol. The average Bonchev–Trinajstić information content (AvgIpc) is 2.34. The van der Waals surface area contributed by atoms with Crippen molar-refractivity contribution < 1.29 is 14.2 Å². The van der Waals surface area contributed by atoms with E-state index in [1.165, 1.54) is 13.2 Å². The number of methoxy groups -OCH3 is 1. The molecular formula is C13H20FNO2. The first kappa shape index (κ1) is 13.9. The van der Waals surface area contributed by atoms with E-state index in [-0.39, 0.29) is 24.2 Å². The Morgan fingerprint density at radius 3 is 2.76 bits per heavy atom. The Balaban J connectivity index is 2.54. The zero-order chi connectivity index (χ0) is 12.7. The van der Waals surface area contributed by atoms with Crippen LogP contribution >= 0.6 is 0 Å². The van der Waals surface area contributed by atoms with Crippen LogP contribution in [0.2, 0.25) is 0 Å². The van der Waals surface area contributed by atoms with Gasteiger partial charge in [-0.3, -0.25) is 0 Å². The standard InChI is InChI=1S/C13H20FNO2/c1-3-11(6-7-16)15-9-10-4-5-13(17-2)12(14)8-10/h4-5,8,11,15-16H,3,6-7,9H2,1-2H3. The van der Waals surface area contributed by atoms with E-state index in [0.29, 0.717) is 6.54 Å². The molecule has 0 spiro atoms. The topological polar surface area (TPSA) is 41.5 Å². The molecule has 2 N–H and O–H groups in total. The molecule has 17 heavy (non-hydrogen) atoms. The lowest BCUT2D eigenvalue weighted by Gasteiger charge is -2.15. The van der Waals surface area contributed by atoms with Crippen LogP contribution in [0, 0.1) is 5.82 Å². The maximum atomic E-state index is 13.4. The summed E-state index contributed by atoms with van der Waals surface area (Å²) in [6, 6.07) is 5.20. The van der Waals surface area contributed by atoms with E-state index in [9.17, 15) is 4.39 Å². The van der Waals surface area contributed by atoms with E-state index in [1.807, 2.05) is 6.07 Å². The highest BCUT2D eigenvalue weighted by molar-refractivity contribution is 5.29. The highest BCUT2D eigenvalue weighted by atomic mass is 19.1. The second-order valence-corrected chi connectivity index (χ2v) is 3.97. The third-order valence-corrected chi connectivity index (χ3v) is 2.78. The fourth-order valence-electron chi connectivity index (χ4n) is 1.69. The minimum absolute atomic E-state index is 0.169. The van der Waals surface area contributed by atoms with Gasteiger partial charge in [0.2, 0.25) is 0 Å². The van der Waals surface area contributed by atoms with Crippen LogP contribution in [0.4, 0.5) is 4.39 Å². The van der Waals surface area contributed by atoms with Crippen LogP contribution in [0.25, 0.3) is 0 Å². The molecule has 4 heteroatoms. The number of nitrogens with one attached hydrogen (secondary N) is 1. The molecule has 1 atom stereocenters. The van der Waals surface area contributed by atoms with Gasteiger partial charge in [-0.15, -0.1) is 0 Å². The van der Waals surface area contributed by atoms with Gasteiger partial charge in [0.05, 0.1) is 7.11 Å². The van der Waals surface area contributed by atoms with Crippen molar-refractivity contribution in [3.05, 3.63) is 29.6 Å². The number of halogens is 1. The largest absolute Gasteiger partial charge is 0.494 e. The predicted octanol–water partition coefficient (Wildman–Crippen LogP) is 2.08. The smallest absolute Gasteiger partial charge is 0.165 e. The lowest BCUT2D eigenvalue weighted by molar-refractivity contribution is 0.262. The van der Waals surface area contributed by atoms with Gasteiger partial charge in [0.15, 0.2) is 11.6 Å². The molecule has 1 aromatic rings. The fraction of sp³-hybridized carbons (Fsp3) is 0.538. The van der Waals surface area contributed by atoms with E-state index in [0.717, 1.165) is 18.4 Å². The Kier molecular flexibility index (Phi) is 5.94. The number of benzene rings is 1. The first-order valence-electron chi connectivity index (χ1n) is 5.88. The van der Waals surface area contributed by atoms with Gasteiger partial charge < -0.3 is 15.2 Å². The Morgan fingerprint density at radius 2 is 2.24 bits per heavy atom. The third-order valence-electron chi connectivity index (χ3n) is 2.78. The molecule has 0 amide bonds. The van der Waals surface area contributed by atoms with Crippen molar-refractivity contribution in [2.45, 2.75) is 32.4 Å². The van der Waals surface area contributed by atoms with Gasteiger partial charge in [0.1, 0.15) is 0 Å². The number of aliphatic hydroxyl groups excluding tert-OH is 1. The molecule has 0 radical (unpaired) electrons. The Labute approximate surface area is 102 Å². The molecule has 0 saturated carbocycles. The molecule has 3 nitrogen and oxygen atoms in total. The molecule has 1 rings (SSSR count). The lowest BCUT2D eigenvalue weighted by Crippen LogP contribution is -2.28. The summed E-state index contributed by atoms with van der Waals surface area (Å²) in [4.78, 5) is 0. The normalized spacial score (nSPS) is 12.5. The summed E-state index contributed by atoms with van der Waals surface area (Å²) in [5, 5.41) is 12.1. The molecule has 0 aliphatic heterocycles. The summed E-state index contributed by atoms with van der Waals surface area (Å²) in [7, 11) is 1.45.